The minimum atomic E-state index is -4.96. The van der Waals surface area contributed by atoms with Gasteiger partial charge in [0, 0.05) is 25.7 Å². The Hall–Kier alpha value is -1.94. The average Bonchev–Trinajstić information content (AvgIpc) is 0.915. The van der Waals surface area contributed by atoms with Gasteiger partial charge in [0.25, 0.3) is 0 Å². The molecule has 3 unspecified atom stereocenters. The van der Waals surface area contributed by atoms with Crippen LogP contribution in [0, 0.1) is 23.7 Å². The molecule has 0 amide bonds. The molecule has 0 heterocycles. The number of carbonyl (C=O) groups is 4. The number of phosphoric ester groups is 2. The van der Waals surface area contributed by atoms with Crippen molar-refractivity contribution in [2.45, 2.75) is 433 Å². The zero-order valence-corrected chi connectivity index (χ0v) is 67.6. The standard InChI is InChI=1S/C81H158O17P2/c1-71(2)57-49-41-33-26-21-17-13-9-11-15-19-23-29-38-47-55-63-80(85)97-76(67-91-78(83)61-53-45-37-31-25-28-35-43-51-59-73(5)6)69-95-99(87,88)93-65-75(82)66-94-100(89,90)96-70-77(68-92-79(84)62-54-46-40-32-36-44-52-60-74(7)8)98-81(86)64-56-48-39-30-24-20-16-12-10-14-18-22-27-34-42-50-58-72(3)4/h71-77,82H,9-70H2,1-8H3,(H,87,88)(H,89,90)/t75?,76-,77-/m1/s1. The molecule has 0 aromatic rings. The van der Waals surface area contributed by atoms with Crippen LogP contribution in [-0.4, -0.2) is 96.7 Å². The molecule has 0 radical (unpaired) electrons. The molecule has 17 nitrogen and oxygen atoms in total. The van der Waals surface area contributed by atoms with Crippen molar-refractivity contribution in [2.75, 3.05) is 39.6 Å². The maximum Gasteiger partial charge on any atom is 0.472 e. The van der Waals surface area contributed by atoms with Crippen LogP contribution in [0.4, 0.5) is 0 Å². The Bertz CT molecular complexity index is 1950. The molecule has 19 heteroatoms. The number of rotatable bonds is 78. The molecule has 594 valence electrons. The number of hydrogen-bond donors (Lipinski definition) is 3. The van der Waals surface area contributed by atoms with Crippen LogP contribution in [0.2, 0.25) is 0 Å². The Morgan fingerprint density at radius 1 is 0.250 bits per heavy atom. The van der Waals surface area contributed by atoms with Crippen LogP contribution >= 0.6 is 15.6 Å². The molecule has 0 aliphatic carbocycles. The molecule has 0 spiro atoms. The summed E-state index contributed by atoms with van der Waals surface area (Å²) in [5, 5.41) is 10.6. The Labute approximate surface area is 613 Å². The highest BCUT2D eigenvalue weighted by molar-refractivity contribution is 7.47. The first-order valence-corrected chi connectivity index (χ1v) is 44.7. The predicted octanol–water partition coefficient (Wildman–Crippen LogP) is 24.0. The summed E-state index contributed by atoms with van der Waals surface area (Å²) in [5.74, 6) is 0.952. The third-order valence-corrected chi connectivity index (χ3v) is 20.7. The third-order valence-electron chi connectivity index (χ3n) is 18.8. The number of unbranched alkanes of at least 4 members (excludes halogenated alkanes) is 44. The zero-order valence-electron chi connectivity index (χ0n) is 65.8. The number of esters is 4. The van der Waals surface area contributed by atoms with E-state index in [0.717, 1.165) is 114 Å². The normalized spacial score (nSPS) is 14.0. The van der Waals surface area contributed by atoms with Gasteiger partial charge < -0.3 is 33.8 Å². The fraction of sp³-hybridized carbons (Fsp3) is 0.951. The van der Waals surface area contributed by atoms with Crippen molar-refractivity contribution in [3.05, 3.63) is 0 Å². The van der Waals surface area contributed by atoms with E-state index in [1.165, 1.54) is 212 Å². The number of carbonyl (C=O) groups excluding carboxylic acids is 4. The molecule has 0 saturated heterocycles. The molecule has 0 fully saturated rings. The summed E-state index contributed by atoms with van der Waals surface area (Å²) >= 11 is 0. The molecule has 0 aromatic heterocycles. The van der Waals surface area contributed by atoms with Gasteiger partial charge in [-0.25, -0.2) is 9.13 Å². The van der Waals surface area contributed by atoms with Crippen molar-refractivity contribution in [1.82, 2.24) is 0 Å². The largest absolute Gasteiger partial charge is 0.472 e. The SMILES string of the molecule is CC(C)CCCCCCCCCCCCCCCCCCC(=O)O[C@H](COC(=O)CCCCCCCCCCCC(C)C)COP(=O)(O)OCC(O)COP(=O)(O)OC[C@@H](COC(=O)CCCCCCCCCC(C)C)OC(=O)CCCCCCCCCCCCCCCCCCC(C)C. The molecule has 0 rings (SSSR count). The van der Waals surface area contributed by atoms with E-state index in [-0.39, 0.29) is 25.7 Å². The summed E-state index contributed by atoms with van der Waals surface area (Å²) in [4.78, 5) is 73.0. The molecule has 5 atom stereocenters. The fourth-order valence-corrected chi connectivity index (χ4v) is 14.0. The summed E-state index contributed by atoms with van der Waals surface area (Å²) in [7, 11) is -9.92. The van der Waals surface area contributed by atoms with Crippen LogP contribution < -0.4 is 0 Å². The first-order valence-electron chi connectivity index (χ1n) is 41.7. The van der Waals surface area contributed by atoms with E-state index in [4.69, 9.17) is 37.0 Å². The van der Waals surface area contributed by atoms with Gasteiger partial charge >= 0.3 is 39.5 Å². The summed E-state index contributed by atoms with van der Waals surface area (Å²) in [6, 6.07) is 0. The van der Waals surface area contributed by atoms with Gasteiger partial charge in [-0.15, -0.1) is 0 Å². The van der Waals surface area contributed by atoms with Crippen molar-refractivity contribution in [3.8, 4) is 0 Å². The van der Waals surface area contributed by atoms with Gasteiger partial charge in [0.05, 0.1) is 26.4 Å². The van der Waals surface area contributed by atoms with Gasteiger partial charge in [0.2, 0.25) is 0 Å². The van der Waals surface area contributed by atoms with E-state index in [0.29, 0.717) is 31.6 Å². The smallest absolute Gasteiger partial charge is 0.462 e. The molecular formula is C81H158O17P2. The lowest BCUT2D eigenvalue weighted by Gasteiger charge is -2.21. The van der Waals surface area contributed by atoms with Crippen molar-refractivity contribution < 1.29 is 80.2 Å². The number of phosphoric acid groups is 2. The minimum absolute atomic E-state index is 0.107. The molecule has 0 aliphatic rings. The minimum Gasteiger partial charge on any atom is -0.462 e. The monoisotopic (exact) mass is 1470 g/mol. The van der Waals surface area contributed by atoms with Gasteiger partial charge in [0.15, 0.2) is 12.2 Å². The fourth-order valence-electron chi connectivity index (χ4n) is 12.4. The maximum atomic E-state index is 13.1. The quantitative estimate of drug-likeness (QED) is 0.0222. The number of hydrogen-bond acceptors (Lipinski definition) is 15. The van der Waals surface area contributed by atoms with Crippen LogP contribution in [-0.2, 0) is 65.4 Å². The molecule has 100 heavy (non-hydrogen) atoms. The van der Waals surface area contributed by atoms with Crippen molar-refractivity contribution in [1.29, 1.82) is 0 Å². The van der Waals surface area contributed by atoms with E-state index in [1.807, 2.05) is 0 Å². The average molecular weight is 1470 g/mol. The van der Waals surface area contributed by atoms with Crippen molar-refractivity contribution in [3.63, 3.8) is 0 Å². The first-order chi connectivity index (χ1) is 48.1. The van der Waals surface area contributed by atoms with E-state index >= 15 is 0 Å². The summed E-state index contributed by atoms with van der Waals surface area (Å²) < 4.78 is 68.7. The van der Waals surface area contributed by atoms with Gasteiger partial charge in [-0.05, 0) is 49.4 Å². The highest BCUT2D eigenvalue weighted by atomic mass is 31.2. The Morgan fingerprint density at radius 3 is 0.620 bits per heavy atom. The lowest BCUT2D eigenvalue weighted by atomic mass is 10.0. The van der Waals surface area contributed by atoms with Crippen LogP contribution in [0.15, 0.2) is 0 Å². The maximum absolute atomic E-state index is 13.1. The van der Waals surface area contributed by atoms with Gasteiger partial charge in [0.1, 0.15) is 19.3 Å². The lowest BCUT2D eigenvalue weighted by Crippen LogP contribution is -2.30. The number of aliphatic hydroxyl groups excluding tert-OH is 1. The summed E-state index contributed by atoms with van der Waals surface area (Å²) in [6.45, 7) is 14.2. The molecule has 0 aliphatic heterocycles. The Kier molecular flexibility index (Phi) is 68.7. The van der Waals surface area contributed by atoms with Gasteiger partial charge in [-0.2, -0.15) is 0 Å². The van der Waals surface area contributed by atoms with Crippen molar-refractivity contribution in [2.24, 2.45) is 23.7 Å². The second-order valence-electron chi connectivity index (χ2n) is 31.1. The molecule has 0 aromatic carbocycles. The molecular weight excluding hydrogens is 1310 g/mol. The van der Waals surface area contributed by atoms with E-state index in [9.17, 15) is 43.2 Å². The topological polar surface area (TPSA) is 237 Å². The van der Waals surface area contributed by atoms with E-state index in [2.05, 4.69) is 55.4 Å². The third kappa shape index (κ3) is 74.3. The molecule has 0 saturated carbocycles. The summed E-state index contributed by atoms with van der Waals surface area (Å²) in [5.41, 5.74) is 0. The van der Waals surface area contributed by atoms with Crippen LogP contribution in [0.25, 0.3) is 0 Å². The molecule has 0 bridgehead atoms. The Balaban J connectivity index is 5.21. The van der Waals surface area contributed by atoms with Crippen molar-refractivity contribution >= 4 is 39.5 Å². The van der Waals surface area contributed by atoms with Gasteiger partial charge in [-0.1, -0.05) is 364 Å². The zero-order chi connectivity index (χ0) is 73.8. The van der Waals surface area contributed by atoms with Gasteiger partial charge in [-0.3, -0.25) is 37.3 Å². The van der Waals surface area contributed by atoms with Crippen LogP contribution in [0.5, 0.6) is 0 Å². The second-order valence-corrected chi connectivity index (χ2v) is 34.0. The Morgan fingerprint density at radius 2 is 0.420 bits per heavy atom. The highest BCUT2D eigenvalue weighted by Gasteiger charge is 2.30. The first kappa shape index (κ1) is 98.1. The predicted molar refractivity (Wildman–Crippen MR) is 409 cm³/mol. The number of aliphatic hydroxyl groups is 1. The second kappa shape index (κ2) is 70.1. The lowest BCUT2D eigenvalue weighted by molar-refractivity contribution is -0.161. The van der Waals surface area contributed by atoms with E-state index in [1.54, 1.807) is 0 Å². The molecule has 3 N–H and O–H groups in total. The van der Waals surface area contributed by atoms with E-state index < -0.39 is 97.5 Å². The van der Waals surface area contributed by atoms with Crippen LogP contribution in [0.1, 0.15) is 415 Å². The number of ether oxygens (including phenoxy) is 4. The highest BCUT2D eigenvalue weighted by Crippen LogP contribution is 2.45. The summed E-state index contributed by atoms with van der Waals surface area (Å²) in [6.07, 6.45) is 57.0. The van der Waals surface area contributed by atoms with Crippen LogP contribution in [0.3, 0.4) is 0 Å².